The summed E-state index contributed by atoms with van der Waals surface area (Å²) in [6.07, 6.45) is 1.63. The molecule has 0 unspecified atom stereocenters. The Morgan fingerprint density at radius 2 is 1.94 bits per heavy atom. The van der Waals surface area contributed by atoms with Crippen LogP contribution in [-0.4, -0.2) is 4.98 Å². The lowest BCUT2D eigenvalue weighted by atomic mass is 9.95. The summed E-state index contributed by atoms with van der Waals surface area (Å²) in [5, 5.41) is 9.15. The van der Waals surface area contributed by atoms with Gasteiger partial charge >= 0.3 is 0 Å². The van der Waals surface area contributed by atoms with Crippen LogP contribution in [0.15, 0.2) is 30.5 Å². The molecule has 0 fully saturated rings. The van der Waals surface area contributed by atoms with Crippen LogP contribution in [0.5, 0.6) is 0 Å². The highest BCUT2D eigenvalue weighted by Crippen LogP contribution is 2.29. The van der Waals surface area contributed by atoms with Gasteiger partial charge in [-0.1, -0.05) is 18.2 Å². The molecule has 2 rings (SSSR count). The molecule has 1 heterocycles. The maximum Gasteiger partial charge on any atom is 0.141 e. The maximum atomic E-state index is 9.15. The van der Waals surface area contributed by atoms with Gasteiger partial charge in [0, 0.05) is 11.8 Å². The topological polar surface area (TPSA) is 62.7 Å². The third kappa shape index (κ3) is 1.85. The van der Waals surface area contributed by atoms with Crippen LogP contribution in [0.1, 0.15) is 16.7 Å². The molecule has 0 bridgehead atoms. The summed E-state index contributed by atoms with van der Waals surface area (Å²) in [6, 6.07) is 9.98. The summed E-state index contributed by atoms with van der Waals surface area (Å²) in [5.74, 6) is 0.283. The molecule has 0 saturated heterocycles. The minimum atomic E-state index is 0.283. The Morgan fingerprint density at radius 3 is 2.65 bits per heavy atom. The molecule has 3 nitrogen and oxygen atoms in total. The van der Waals surface area contributed by atoms with Crippen molar-refractivity contribution in [3.8, 4) is 17.2 Å². The van der Waals surface area contributed by atoms with E-state index in [0.29, 0.717) is 5.56 Å². The van der Waals surface area contributed by atoms with Crippen LogP contribution < -0.4 is 5.73 Å². The summed E-state index contributed by atoms with van der Waals surface area (Å²) in [5.41, 5.74) is 10.4. The molecule has 0 aliphatic carbocycles. The third-order valence-corrected chi connectivity index (χ3v) is 2.99. The van der Waals surface area contributed by atoms with E-state index in [1.165, 1.54) is 5.56 Å². The average molecular weight is 223 g/mol. The molecule has 2 N–H and O–H groups in total. The molecule has 0 atom stereocenters. The first-order valence-corrected chi connectivity index (χ1v) is 5.36. The molecule has 84 valence electrons. The van der Waals surface area contributed by atoms with Crippen LogP contribution >= 0.6 is 0 Å². The zero-order valence-electron chi connectivity index (χ0n) is 9.86. The zero-order valence-corrected chi connectivity index (χ0v) is 9.86. The molecule has 1 aromatic carbocycles. The molecule has 3 heteroatoms. The predicted molar refractivity (Wildman–Crippen MR) is 68.3 cm³/mol. The molecule has 0 radical (unpaired) electrons. The first-order chi connectivity index (χ1) is 8.15. The Labute approximate surface area is 101 Å². The number of hydrogen-bond donors (Lipinski definition) is 1. The van der Waals surface area contributed by atoms with Crippen LogP contribution in [0.25, 0.3) is 11.1 Å². The predicted octanol–water partition coefficient (Wildman–Crippen LogP) is 2.82. The first-order valence-electron chi connectivity index (χ1n) is 5.36. The molecule has 17 heavy (non-hydrogen) atoms. The average Bonchev–Trinajstić information content (AvgIpc) is 2.32. The quantitative estimate of drug-likeness (QED) is 0.808. The van der Waals surface area contributed by atoms with Crippen molar-refractivity contribution in [2.75, 3.05) is 5.73 Å². The first kappa shape index (κ1) is 11.2. The highest BCUT2D eigenvalue weighted by atomic mass is 14.8. The summed E-state index contributed by atoms with van der Waals surface area (Å²) in [4.78, 5) is 3.94. The Kier molecular flexibility index (Phi) is 2.80. The van der Waals surface area contributed by atoms with E-state index in [1.807, 2.05) is 25.1 Å². The number of aryl methyl sites for hydroxylation is 1. The lowest BCUT2D eigenvalue weighted by molar-refractivity contribution is 1.29. The molecule has 2 aromatic rings. The van der Waals surface area contributed by atoms with Crippen LogP contribution in [0.4, 0.5) is 5.82 Å². The fourth-order valence-corrected chi connectivity index (χ4v) is 1.86. The van der Waals surface area contributed by atoms with Crippen molar-refractivity contribution in [2.45, 2.75) is 13.8 Å². The van der Waals surface area contributed by atoms with Gasteiger partial charge in [-0.3, -0.25) is 0 Å². The van der Waals surface area contributed by atoms with E-state index in [4.69, 9.17) is 11.0 Å². The standard InChI is InChI=1S/C14H13N3/c1-9-4-3-5-11(10(9)2)12-6-7-17-14(16)13(12)8-15/h3-7H,1-2H3,(H2,16,17). The van der Waals surface area contributed by atoms with Gasteiger partial charge in [0.2, 0.25) is 0 Å². The van der Waals surface area contributed by atoms with E-state index in [9.17, 15) is 0 Å². The monoisotopic (exact) mass is 223 g/mol. The molecular weight excluding hydrogens is 210 g/mol. The summed E-state index contributed by atoms with van der Waals surface area (Å²) in [6.45, 7) is 4.10. The Balaban J connectivity index is 2.74. The SMILES string of the molecule is Cc1cccc(-c2ccnc(N)c2C#N)c1C. The molecular formula is C14H13N3. The van der Waals surface area contributed by atoms with Crippen LogP contribution in [0.2, 0.25) is 0 Å². The van der Waals surface area contributed by atoms with Crippen molar-refractivity contribution in [3.05, 3.63) is 47.2 Å². The normalized spacial score (nSPS) is 9.94. The van der Waals surface area contributed by atoms with Gasteiger partial charge in [0.25, 0.3) is 0 Å². The lowest BCUT2D eigenvalue weighted by Gasteiger charge is -2.10. The van der Waals surface area contributed by atoms with E-state index < -0.39 is 0 Å². The molecule has 0 amide bonds. The smallest absolute Gasteiger partial charge is 0.141 e. The number of aromatic nitrogens is 1. The largest absolute Gasteiger partial charge is 0.383 e. The molecule has 0 spiro atoms. The second-order valence-corrected chi connectivity index (χ2v) is 3.98. The lowest BCUT2D eigenvalue weighted by Crippen LogP contribution is -1.98. The minimum absolute atomic E-state index is 0.283. The summed E-state index contributed by atoms with van der Waals surface area (Å²) >= 11 is 0. The van der Waals surface area contributed by atoms with Gasteiger partial charge in [0.1, 0.15) is 17.5 Å². The number of hydrogen-bond acceptors (Lipinski definition) is 3. The van der Waals surface area contributed by atoms with Crippen molar-refractivity contribution in [2.24, 2.45) is 0 Å². The maximum absolute atomic E-state index is 9.15. The number of rotatable bonds is 1. The van der Waals surface area contributed by atoms with Gasteiger partial charge < -0.3 is 5.73 Å². The summed E-state index contributed by atoms with van der Waals surface area (Å²) < 4.78 is 0. The zero-order chi connectivity index (χ0) is 12.4. The number of anilines is 1. The van der Waals surface area contributed by atoms with Gasteiger partial charge in [-0.15, -0.1) is 0 Å². The van der Waals surface area contributed by atoms with E-state index in [-0.39, 0.29) is 5.82 Å². The fraction of sp³-hybridized carbons (Fsp3) is 0.143. The number of nitriles is 1. The van der Waals surface area contributed by atoms with E-state index in [0.717, 1.165) is 16.7 Å². The van der Waals surface area contributed by atoms with Crippen molar-refractivity contribution in [1.29, 1.82) is 5.26 Å². The minimum Gasteiger partial charge on any atom is -0.383 e. The Morgan fingerprint density at radius 1 is 1.18 bits per heavy atom. The fourth-order valence-electron chi connectivity index (χ4n) is 1.86. The number of nitrogens with zero attached hydrogens (tertiary/aromatic N) is 2. The van der Waals surface area contributed by atoms with Gasteiger partial charge in [-0.05, 0) is 36.6 Å². The molecule has 0 aliphatic rings. The van der Waals surface area contributed by atoms with Crippen molar-refractivity contribution >= 4 is 5.82 Å². The van der Waals surface area contributed by atoms with E-state index >= 15 is 0 Å². The Hall–Kier alpha value is -2.34. The van der Waals surface area contributed by atoms with Gasteiger partial charge in [0.05, 0.1) is 0 Å². The van der Waals surface area contributed by atoms with Crippen LogP contribution in [-0.2, 0) is 0 Å². The molecule has 1 aromatic heterocycles. The highest BCUT2D eigenvalue weighted by Gasteiger charge is 2.11. The molecule has 0 aliphatic heterocycles. The van der Waals surface area contributed by atoms with E-state index in [1.54, 1.807) is 6.20 Å². The highest BCUT2D eigenvalue weighted by molar-refractivity contribution is 5.77. The number of nitrogen functional groups attached to an aromatic ring is 1. The van der Waals surface area contributed by atoms with Crippen LogP contribution in [0, 0.1) is 25.2 Å². The van der Waals surface area contributed by atoms with Crippen LogP contribution in [0.3, 0.4) is 0 Å². The van der Waals surface area contributed by atoms with Gasteiger partial charge in [-0.2, -0.15) is 5.26 Å². The van der Waals surface area contributed by atoms with Crippen molar-refractivity contribution < 1.29 is 0 Å². The Bertz CT molecular complexity index is 609. The third-order valence-electron chi connectivity index (χ3n) is 2.99. The molecule has 0 saturated carbocycles. The second-order valence-electron chi connectivity index (χ2n) is 3.98. The van der Waals surface area contributed by atoms with Crippen molar-refractivity contribution in [3.63, 3.8) is 0 Å². The summed E-state index contributed by atoms with van der Waals surface area (Å²) in [7, 11) is 0. The number of nitrogens with two attached hydrogens (primary N) is 1. The number of pyridine rings is 1. The second kappa shape index (κ2) is 4.26. The van der Waals surface area contributed by atoms with Gasteiger partial charge in [-0.25, -0.2) is 4.98 Å². The van der Waals surface area contributed by atoms with Gasteiger partial charge in [0.15, 0.2) is 0 Å². The van der Waals surface area contributed by atoms with Crippen molar-refractivity contribution in [1.82, 2.24) is 4.98 Å². The van der Waals surface area contributed by atoms with E-state index in [2.05, 4.69) is 24.0 Å². The number of benzene rings is 1.